The highest BCUT2D eigenvalue weighted by molar-refractivity contribution is 5.36. The van der Waals surface area contributed by atoms with Crippen LogP contribution in [-0.4, -0.2) is 16.7 Å². The fraction of sp³-hybridized carbons (Fsp3) is 0.312. The summed E-state index contributed by atoms with van der Waals surface area (Å²) in [6.45, 7) is 4.38. The number of aromatic nitrogens is 1. The molecule has 0 bridgehead atoms. The first-order valence-corrected chi connectivity index (χ1v) is 6.47. The number of aliphatic hydroxyl groups is 1. The van der Waals surface area contributed by atoms with Gasteiger partial charge >= 0.3 is 0 Å². The average Bonchev–Trinajstić information content (AvgIpc) is 2.41. The van der Waals surface area contributed by atoms with E-state index >= 15 is 0 Å². The van der Waals surface area contributed by atoms with Gasteiger partial charge in [0, 0.05) is 18.8 Å². The Hall–Kier alpha value is -1.87. The molecular weight excluding hydrogens is 238 g/mol. The summed E-state index contributed by atoms with van der Waals surface area (Å²) in [5.41, 5.74) is 3.13. The van der Waals surface area contributed by atoms with Crippen LogP contribution in [0.3, 0.4) is 0 Å². The molecule has 0 unspecified atom stereocenters. The molecule has 1 aromatic heterocycles. The maximum absolute atomic E-state index is 9.52. The molecule has 0 amide bonds. The lowest BCUT2D eigenvalue weighted by Gasteiger charge is -2.12. The van der Waals surface area contributed by atoms with Gasteiger partial charge in [-0.3, -0.25) is 4.98 Å². The van der Waals surface area contributed by atoms with Crippen LogP contribution in [0.25, 0.3) is 0 Å². The third-order valence-electron chi connectivity index (χ3n) is 3.05. The maximum Gasteiger partial charge on any atom is 0.122 e. The van der Waals surface area contributed by atoms with Crippen molar-refractivity contribution in [2.24, 2.45) is 0 Å². The smallest absolute Gasteiger partial charge is 0.122 e. The molecule has 0 aliphatic heterocycles. The first-order valence-electron chi connectivity index (χ1n) is 6.47. The maximum atomic E-state index is 9.52. The van der Waals surface area contributed by atoms with E-state index < -0.39 is 6.10 Å². The number of hydrogen-bond donors (Lipinski definition) is 1. The van der Waals surface area contributed by atoms with Crippen LogP contribution < -0.4 is 4.74 Å². The number of pyridine rings is 1. The number of aliphatic hydroxyl groups excluding tert-OH is 1. The highest BCUT2D eigenvalue weighted by Gasteiger charge is 2.05. The van der Waals surface area contributed by atoms with Crippen LogP contribution >= 0.6 is 0 Å². The minimum absolute atomic E-state index is 0.442. The predicted octanol–water partition coefficient (Wildman–Crippen LogP) is 3.06. The Morgan fingerprint density at radius 2 is 2.16 bits per heavy atom. The van der Waals surface area contributed by atoms with Crippen molar-refractivity contribution in [3.8, 4) is 5.75 Å². The molecule has 2 aromatic rings. The zero-order chi connectivity index (χ0) is 13.7. The average molecular weight is 257 g/mol. The van der Waals surface area contributed by atoms with Crippen LogP contribution in [0.5, 0.6) is 5.75 Å². The number of benzene rings is 1. The molecule has 1 N–H and O–H groups in total. The SMILES string of the molecule is Cc1cc([C@@H](C)O)ccc1OCCc1cccnc1. The molecule has 3 heteroatoms. The van der Waals surface area contributed by atoms with Gasteiger partial charge in [-0.15, -0.1) is 0 Å². The van der Waals surface area contributed by atoms with Gasteiger partial charge in [-0.1, -0.05) is 12.1 Å². The van der Waals surface area contributed by atoms with Crippen LogP contribution in [0.1, 0.15) is 29.7 Å². The Morgan fingerprint density at radius 1 is 1.32 bits per heavy atom. The molecule has 0 spiro atoms. The topological polar surface area (TPSA) is 42.4 Å². The van der Waals surface area contributed by atoms with Crippen molar-refractivity contribution < 1.29 is 9.84 Å². The molecular formula is C16H19NO2. The van der Waals surface area contributed by atoms with Crippen molar-refractivity contribution in [3.05, 3.63) is 59.4 Å². The Labute approximate surface area is 113 Å². The summed E-state index contributed by atoms with van der Waals surface area (Å²) < 4.78 is 5.77. The Balaban J connectivity index is 1.93. The second kappa shape index (κ2) is 6.34. The molecule has 0 saturated carbocycles. The van der Waals surface area contributed by atoms with E-state index in [2.05, 4.69) is 4.98 Å². The van der Waals surface area contributed by atoms with Gasteiger partial charge in [0.25, 0.3) is 0 Å². The number of hydrogen-bond acceptors (Lipinski definition) is 3. The largest absolute Gasteiger partial charge is 0.493 e. The molecule has 1 aromatic carbocycles. The van der Waals surface area contributed by atoms with Crippen LogP contribution in [0.2, 0.25) is 0 Å². The Bertz CT molecular complexity index is 524. The minimum atomic E-state index is -0.442. The van der Waals surface area contributed by atoms with Crippen molar-refractivity contribution in [3.63, 3.8) is 0 Å². The number of rotatable bonds is 5. The van der Waals surface area contributed by atoms with Gasteiger partial charge in [0.05, 0.1) is 12.7 Å². The fourth-order valence-corrected chi connectivity index (χ4v) is 1.92. The third kappa shape index (κ3) is 3.80. The molecule has 3 nitrogen and oxygen atoms in total. The van der Waals surface area contributed by atoms with Crippen molar-refractivity contribution in [1.29, 1.82) is 0 Å². The van der Waals surface area contributed by atoms with E-state index in [4.69, 9.17) is 4.74 Å². The van der Waals surface area contributed by atoms with E-state index in [0.717, 1.165) is 23.3 Å². The lowest BCUT2D eigenvalue weighted by Crippen LogP contribution is -2.03. The van der Waals surface area contributed by atoms with Crippen LogP contribution in [-0.2, 0) is 6.42 Å². The van der Waals surface area contributed by atoms with Gasteiger partial charge in [0.1, 0.15) is 5.75 Å². The van der Waals surface area contributed by atoms with E-state index in [1.165, 1.54) is 5.56 Å². The standard InChI is InChI=1S/C16H19NO2/c1-12-10-15(13(2)18)5-6-16(12)19-9-7-14-4-3-8-17-11-14/h3-6,8,10-11,13,18H,7,9H2,1-2H3/t13-/m1/s1. The van der Waals surface area contributed by atoms with Crippen molar-refractivity contribution >= 4 is 0 Å². The highest BCUT2D eigenvalue weighted by Crippen LogP contribution is 2.22. The van der Waals surface area contributed by atoms with Gasteiger partial charge in [0.2, 0.25) is 0 Å². The predicted molar refractivity (Wildman–Crippen MR) is 75.2 cm³/mol. The first-order chi connectivity index (χ1) is 9.16. The first kappa shape index (κ1) is 13.6. The zero-order valence-corrected chi connectivity index (χ0v) is 11.3. The van der Waals surface area contributed by atoms with Gasteiger partial charge in [0.15, 0.2) is 0 Å². The van der Waals surface area contributed by atoms with E-state index in [9.17, 15) is 5.11 Å². The molecule has 0 aliphatic carbocycles. The summed E-state index contributed by atoms with van der Waals surface area (Å²) >= 11 is 0. The molecule has 1 atom stereocenters. The molecule has 0 fully saturated rings. The summed E-state index contributed by atoms with van der Waals surface area (Å²) in [5, 5.41) is 9.52. The molecule has 100 valence electrons. The molecule has 0 saturated heterocycles. The van der Waals surface area contributed by atoms with Crippen LogP contribution in [0, 0.1) is 6.92 Å². The highest BCUT2D eigenvalue weighted by atomic mass is 16.5. The van der Waals surface area contributed by atoms with Crippen LogP contribution in [0.15, 0.2) is 42.7 Å². The summed E-state index contributed by atoms with van der Waals surface area (Å²) in [6, 6.07) is 9.75. The molecule has 2 rings (SSSR count). The molecule has 0 radical (unpaired) electrons. The lowest BCUT2D eigenvalue weighted by molar-refractivity contribution is 0.199. The van der Waals surface area contributed by atoms with Gasteiger partial charge < -0.3 is 9.84 Å². The van der Waals surface area contributed by atoms with Crippen LogP contribution in [0.4, 0.5) is 0 Å². The summed E-state index contributed by atoms with van der Waals surface area (Å²) in [7, 11) is 0. The summed E-state index contributed by atoms with van der Waals surface area (Å²) in [5.74, 6) is 0.869. The van der Waals surface area contributed by atoms with Gasteiger partial charge in [-0.2, -0.15) is 0 Å². The van der Waals surface area contributed by atoms with E-state index in [0.29, 0.717) is 6.61 Å². The van der Waals surface area contributed by atoms with Gasteiger partial charge in [-0.05, 0) is 48.7 Å². The quantitative estimate of drug-likeness (QED) is 0.895. The van der Waals surface area contributed by atoms with Gasteiger partial charge in [-0.25, -0.2) is 0 Å². The molecule has 1 heterocycles. The Morgan fingerprint density at radius 3 is 2.79 bits per heavy atom. The summed E-state index contributed by atoms with van der Waals surface area (Å²) in [6.07, 6.45) is 4.02. The van der Waals surface area contributed by atoms with Crippen molar-refractivity contribution in [2.75, 3.05) is 6.61 Å². The molecule has 0 aliphatic rings. The zero-order valence-electron chi connectivity index (χ0n) is 11.3. The van der Waals surface area contributed by atoms with E-state index in [-0.39, 0.29) is 0 Å². The second-order valence-corrected chi connectivity index (χ2v) is 4.66. The summed E-state index contributed by atoms with van der Waals surface area (Å²) in [4.78, 5) is 4.08. The van der Waals surface area contributed by atoms with Crippen molar-refractivity contribution in [2.45, 2.75) is 26.4 Å². The van der Waals surface area contributed by atoms with E-state index in [1.807, 2.05) is 43.5 Å². The number of nitrogens with zero attached hydrogens (tertiary/aromatic N) is 1. The monoisotopic (exact) mass is 257 g/mol. The lowest BCUT2D eigenvalue weighted by atomic mass is 10.1. The number of aryl methyl sites for hydroxylation is 1. The van der Waals surface area contributed by atoms with Crippen molar-refractivity contribution in [1.82, 2.24) is 4.98 Å². The van der Waals surface area contributed by atoms with E-state index in [1.54, 1.807) is 13.1 Å². The number of ether oxygens (including phenoxy) is 1. The fourth-order valence-electron chi connectivity index (χ4n) is 1.92. The second-order valence-electron chi connectivity index (χ2n) is 4.66. The minimum Gasteiger partial charge on any atom is -0.493 e. The molecule has 19 heavy (non-hydrogen) atoms. The normalized spacial score (nSPS) is 12.2. The Kier molecular flexibility index (Phi) is 4.53. The third-order valence-corrected chi connectivity index (χ3v) is 3.05.